The van der Waals surface area contributed by atoms with Gasteiger partial charge in [-0.3, -0.25) is 4.79 Å². The molecule has 96 valence electrons. The number of ketones is 1. The van der Waals surface area contributed by atoms with Crippen LogP contribution in [0.5, 0.6) is 0 Å². The summed E-state index contributed by atoms with van der Waals surface area (Å²) in [7, 11) is 0. The number of hydrogen-bond donors (Lipinski definition) is 2. The summed E-state index contributed by atoms with van der Waals surface area (Å²) in [6.45, 7) is 0.911. The molecule has 0 spiro atoms. The SMILES string of the molecule is Nc1ncc(Cl)cc1C(=O)c1ccc2c(c1)NCC2. The van der Waals surface area contributed by atoms with E-state index in [1.165, 1.54) is 11.8 Å². The quantitative estimate of drug-likeness (QED) is 0.825. The standard InChI is InChI=1S/C14H12ClN3O/c15-10-6-11(14(16)18-7-10)13(19)9-2-1-8-3-4-17-12(8)5-9/h1-2,5-7,17H,3-4H2,(H2,16,18). The van der Waals surface area contributed by atoms with Crippen LogP contribution in [-0.2, 0) is 6.42 Å². The summed E-state index contributed by atoms with van der Waals surface area (Å²) in [5.74, 6) is 0.0341. The number of nitrogens with two attached hydrogens (primary N) is 1. The van der Waals surface area contributed by atoms with Crippen molar-refractivity contribution in [3.63, 3.8) is 0 Å². The minimum atomic E-state index is -0.163. The maximum absolute atomic E-state index is 12.4. The Morgan fingerprint density at radius 3 is 3.05 bits per heavy atom. The Morgan fingerprint density at radius 2 is 2.21 bits per heavy atom. The second-order valence-electron chi connectivity index (χ2n) is 4.46. The molecule has 1 aliphatic rings. The lowest BCUT2D eigenvalue weighted by molar-refractivity contribution is 0.103. The molecule has 0 saturated heterocycles. The normalized spacial score (nSPS) is 12.9. The van der Waals surface area contributed by atoms with Crippen molar-refractivity contribution in [2.24, 2.45) is 0 Å². The van der Waals surface area contributed by atoms with E-state index in [0.29, 0.717) is 16.1 Å². The maximum atomic E-state index is 12.4. The number of pyridine rings is 1. The largest absolute Gasteiger partial charge is 0.384 e. The van der Waals surface area contributed by atoms with Gasteiger partial charge in [-0.05, 0) is 24.1 Å². The maximum Gasteiger partial charge on any atom is 0.196 e. The summed E-state index contributed by atoms with van der Waals surface area (Å²) in [6.07, 6.45) is 2.42. The predicted molar refractivity (Wildman–Crippen MR) is 75.7 cm³/mol. The van der Waals surface area contributed by atoms with Gasteiger partial charge in [0.2, 0.25) is 0 Å². The van der Waals surface area contributed by atoms with E-state index in [-0.39, 0.29) is 11.6 Å². The van der Waals surface area contributed by atoms with Gasteiger partial charge in [0.15, 0.2) is 5.78 Å². The average Bonchev–Trinajstić information content (AvgIpc) is 2.88. The van der Waals surface area contributed by atoms with E-state index in [1.54, 1.807) is 6.07 Å². The van der Waals surface area contributed by atoms with Gasteiger partial charge in [-0.15, -0.1) is 0 Å². The van der Waals surface area contributed by atoms with Gasteiger partial charge in [0.05, 0.1) is 10.6 Å². The number of nitrogens with zero attached hydrogens (tertiary/aromatic N) is 1. The molecular weight excluding hydrogens is 262 g/mol. The fourth-order valence-electron chi connectivity index (χ4n) is 2.22. The fourth-order valence-corrected chi connectivity index (χ4v) is 2.38. The van der Waals surface area contributed by atoms with Gasteiger partial charge in [0.1, 0.15) is 5.82 Å². The van der Waals surface area contributed by atoms with Gasteiger partial charge in [-0.1, -0.05) is 23.7 Å². The summed E-state index contributed by atoms with van der Waals surface area (Å²) >= 11 is 5.86. The van der Waals surface area contributed by atoms with Crippen LogP contribution in [0.4, 0.5) is 11.5 Å². The Bertz CT molecular complexity index is 670. The van der Waals surface area contributed by atoms with Crippen molar-refractivity contribution in [3.8, 4) is 0 Å². The lowest BCUT2D eigenvalue weighted by atomic mass is 10.0. The molecule has 0 fully saturated rings. The number of anilines is 2. The molecule has 2 heterocycles. The second-order valence-corrected chi connectivity index (χ2v) is 4.90. The molecule has 0 bridgehead atoms. The summed E-state index contributed by atoms with van der Waals surface area (Å²) in [6, 6.07) is 7.18. The molecule has 1 aromatic carbocycles. The zero-order valence-corrected chi connectivity index (χ0v) is 10.9. The number of fused-ring (bicyclic) bond motifs is 1. The first-order valence-corrected chi connectivity index (χ1v) is 6.35. The summed E-state index contributed by atoms with van der Waals surface area (Å²) in [4.78, 5) is 16.3. The molecule has 0 unspecified atom stereocenters. The summed E-state index contributed by atoms with van der Waals surface area (Å²) in [5, 5.41) is 3.65. The number of carbonyl (C=O) groups excluding carboxylic acids is 1. The highest BCUT2D eigenvalue weighted by molar-refractivity contribution is 6.31. The molecule has 1 aromatic heterocycles. The van der Waals surface area contributed by atoms with Crippen molar-refractivity contribution >= 4 is 28.9 Å². The van der Waals surface area contributed by atoms with E-state index in [9.17, 15) is 4.79 Å². The number of benzene rings is 1. The lowest BCUT2D eigenvalue weighted by Gasteiger charge is -2.07. The number of hydrogen-bond acceptors (Lipinski definition) is 4. The molecule has 0 saturated carbocycles. The molecule has 0 radical (unpaired) electrons. The van der Waals surface area contributed by atoms with Crippen molar-refractivity contribution in [1.29, 1.82) is 0 Å². The lowest BCUT2D eigenvalue weighted by Crippen LogP contribution is -2.07. The van der Waals surface area contributed by atoms with Gasteiger partial charge < -0.3 is 11.1 Å². The van der Waals surface area contributed by atoms with Crippen LogP contribution in [-0.4, -0.2) is 17.3 Å². The molecule has 0 atom stereocenters. The highest BCUT2D eigenvalue weighted by atomic mass is 35.5. The number of aromatic nitrogens is 1. The van der Waals surface area contributed by atoms with Crippen molar-refractivity contribution in [3.05, 3.63) is 52.2 Å². The monoisotopic (exact) mass is 273 g/mol. The molecule has 0 aliphatic carbocycles. The van der Waals surface area contributed by atoms with Crippen LogP contribution < -0.4 is 11.1 Å². The third-order valence-electron chi connectivity index (χ3n) is 3.21. The number of nitrogen functional groups attached to an aromatic ring is 1. The minimum absolute atomic E-state index is 0.163. The number of halogens is 1. The van der Waals surface area contributed by atoms with Crippen LogP contribution in [0.1, 0.15) is 21.5 Å². The van der Waals surface area contributed by atoms with Crippen LogP contribution in [0, 0.1) is 0 Å². The first-order chi connectivity index (χ1) is 9.15. The van der Waals surface area contributed by atoms with E-state index < -0.39 is 0 Å². The van der Waals surface area contributed by atoms with E-state index in [4.69, 9.17) is 17.3 Å². The summed E-state index contributed by atoms with van der Waals surface area (Å²) in [5.41, 5.74) is 8.90. The number of carbonyl (C=O) groups is 1. The van der Waals surface area contributed by atoms with Crippen LogP contribution in [0.25, 0.3) is 0 Å². The molecule has 19 heavy (non-hydrogen) atoms. The van der Waals surface area contributed by atoms with Gasteiger partial charge in [-0.2, -0.15) is 0 Å². The third-order valence-corrected chi connectivity index (χ3v) is 3.42. The average molecular weight is 274 g/mol. The smallest absolute Gasteiger partial charge is 0.196 e. The molecule has 0 amide bonds. The summed E-state index contributed by atoms with van der Waals surface area (Å²) < 4.78 is 0. The Hall–Kier alpha value is -2.07. The van der Waals surface area contributed by atoms with Gasteiger partial charge in [0.25, 0.3) is 0 Å². The van der Waals surface area contributed by atoms with Crippen molar-refractivity contribution in [2.45, 2.75) is 6.42 Å². The molecule has 3 N–H and O–H groups in total. The Kier molecular flexibility index (Phi) is 2.87. The second kappa shape index (κ2) is 4.55. The van der Waals surface area contributed by atoms with Gasteiger partial charge >= 0.3 is 0 Å². The van der Waals surface area contributed by atoms with E-state index in [2.05, 4.69) is 10.3 Å². The van der Waals surface area contributed by atoms with E-state index in [0.717, 1.165) is 18.7 Å². The zero-order valence-electron chi connectivity index (χ0n) is 10.1. The van der Waals surface area contributed by atoms with E-state index in [1.807, 2.05) is 18.2 Å². The first-order valence-electron chi connectivity index (χ1n) is 5.97. The fraction of sp³-hybridized carbons (Fsp3) is 0.143. The van der Waals surface area contributed by atoms with Crippen LogP contribution in [0.3, 0.4) is 0 Å². The molecule has 3 rings (SSSR count). The highest BCUT2D eigenvalue weighted by Crippen LogP contribution is 2.26. The van der Waals surface area contributed by atoms with Gasteiger partial charge in [0, 0.05) is 24.0 Å². The Labute approximate surface area is 115 Å². The van der Waals surface area contributed by atoms with Crippen molar-refractivity contribution in [2.75, 3.05) is 17.6 Å². The van der Waals surface area contributed by atoms with Crippen LogP contribution >= 0.6 is 11.6 Å². The molecule has 1 aliphatic heterocycles. The molecule has 4 nitrogen and oxygen atoms in total. The Morgan fingerprint density at radius 1 is 1.37 bits per heavy atom. The molecule has 2 aromatic rings. The molecular formula is C14H12ClN3O. The van der Waals surface area contributed by atoms with Crippen molar-refractivity contribution in [1.82, 2.24) is 4.98 Å². The third kappa shape index (κ3) is 2.15. The topological polar surface area (TPSA) is 68.0 Å². The number of nitrogens with one attached hydrogen (secondary N) is 1. The predicted octanol–water partition coefficient (Wildman–Crippen LogP) is 2.52. The molecule has 5 heteroatoms. The van der Waals surface area contributed by atoms with E-state index >= 15 is 0 Å². The number of rotatable bonds is 2. The highest BCUT2D eigenvalue weighted by Gasteiger charge is 2.17. The van der Waals surface area contributed by atoms with Gasteiger partial charge in [-0.25, -0.2) is 4.98 Å². The first kappa shape index (κ1) is 12.0. The van der Waals surface area contributed by atoms with Crippen molar-refractivity contribution < 1.29 is 4.79 Å². The Balaban J connectivity index is 2.02. The van der Waals surface area contributed by atoms with Crippen LogP contribution in [0.2, 0.25) is 5.02 Å². The van der Waals surface area contributed by atoms with Crippen LogP contribution in [0.15, 0.2) is 30.5 Å². The zero-order chi connectivity index (χ0) is 13.4. The minimum Gasteiger partial charge on any atom is -0.384 e.